The van der Waals surface area contributed by atoms with Gasteiger partial charge in [-0.25, -0.2) is 0 Å². The first kappa shape index (κ1) is 18.7. The molecular weight excluding hydrogens is 382 g/mol. The fraction of sp³-hybridized carbons (Fsp3) is 0.261. The first-order valence-corrected chi connectivity index (χ1v) is 9.96. The number of anilines is 1. The number of benzene rings is 2. The number of amides is 1. The molecule has 0 atom stereocenters. The molecule has 0 radical (unpaired) electrons. The molecule has 152 valence electrons. The van der Waals surface area contributed by atoms with E-state index in [0.717, 1.165) is 0 Å². The number of rotatable bonds is 3. The van der Waals surface area contributed by atoms with Gasteiger partial charge in [-0.3, -0.25) is 19.3 Å². The van der Waals surface area contributed by atoms with E-state index in [9.17, 15) is 14.4 Å². The van der Waals surface area contributed by atoms with Crippen LogP contribution in [0.3, 0.4) is 0 Å². The van der Waals surface area contributed by atoms with E-state index in [1.807, 2.05) is 23.1 Å². The Balaban J connectivity index is 1.69. The molecular formula is C23H21N3O4. The molecule has 0 bridgehead atoms. The number of fused-ring (bicyclic) bond motifs is 2. The Labute approximate surface area is 172 Å². The SMILES string of the molecule is Cn1c(=O)c(NC(=O)CN2CCOCC2)c2c3c(cccc31)C(=O)c1ccccc1-2. The van der Waals surface area contributed by atoms with Gasteiger partial charge in [-0.2, -0.15) is 0 Å². The zero-order chi connectivity index (χ0) is 20.8. The van der Waals surface area contributed by atoms with Crippen molar-refractivity contribution in [2.75, 3.05) is 38.2 Å². The summed E-state index contributed by atoms with van der Waals surface area (Å²) in [4.78, 5) is 41.2. The maximum Gasteiger partial charge on any atom is 0.275 e. The lowest BCUT2D eigenvalue weighted by Gasteiger charge is -2.27. The van der Waals surface area contributed by atoms with Crippen molar-refractivity contribution >= 4 is 28.3 Å². The minimum atomic E-state index is -0.297. The summed E-state index contributed by atoms with van der Waals surface area (Å²) in [5.41, 5.74) is 2.96. The largest absolute Gasteiger partial charge is 0.379 e. The molecule has 0 unspecified atom stereocenters. The summed E-state index contributed by atoms with van der Waals surface area (Å²) in [5.74, 6) is -0.329. The minimum Gasteiger partial charge on any atom is -0.379 e. The molecule has 2 heterocycles. The number of nitrogens with one attached hydrogen (secondary N) is 1. The molecule has 1 amide bonds. The molecule has 1 aliphatic heterocycles. The highest BCUT2D eigenvalue weighted by molar-refractivity contribution is 6.27. The van der Waals surface area contributed by atoms with Crippen LogP contribution in [0.15, 0.2) is 47.3 Å². The number of hydrogen-bond donors (Lipinski definition) is 1. The molecule has 0 saturated carbocycles. The molecule has 1 aliphatic carbocycles. The smallest absolute Gasteiger partial charge is 0.275 e. The van der Waals surface area contributed by atoms with E-state index >= 15 is 0 Å². The van der Waals surface area contributed by atoms with Crippen molar-refractivity contribution in [3.8, 4) is 11.1 Å². The molecule has 30 heavy (non-hydrogen) atoms. The van der Waals surface area contributed by atoms with Crippen LogP contribution in [-0.2, 0) is 16.6 Å². The van der Waals surface area contributed by atoms with Crippen LogP contribution in [0.4, 0.5) is 5.69 Å². The Morgan fingerprint density at radius 1 is 1.00 bits per heavy atom. The highest BCUT2D eigenvalue weighted by atomic mass is 16.5. The first-order valence-electron chi connectivity index (χ1n) is 9.96. The second-order valence-corrected chi connectivity index (χ2v) is 7.63. The Kier molecular flexibility index (Phi) is 4.49. The zero-order valence-electron chi connectivity index (χ0n) is 16.6. The third-order valence-electron chi connectivity index (χ3n) is 5.84. The van der Waals surface area contributed by atoms with Crippen molar-refractivity contribution < 1.29 is 14.3 Å². The summed E-state index contributed by atoms with van der Waals surface area (Å²) in [7, 11) is 1.66. The number of aryl methyl sites for hydroxylation is 1. The lowest BCUT2D eigenvalue weighted by Crippen LogP contribution is -2.41. The second-order valence-electron chi connectivity index (χ2n) is 7.63. The fourth-order valence-corrected chi connectivity index (χ4v) is 4.35. The maximum absolute atomic E-state index is 13.2. The third kappa shape index (κ3) is 2.86. The van der Waals surface area contributed by atoms with Crippen molar-refractivity contribution in [1.82, 2.24) is 9.47 Å². The number of carbonyl (C=O) groups is 2. The predicted molar refractivity (Wildman–Crippen MR) is 114 cm³/mol. The molecule has 2 aromatic carbocycles. The Morgan fingerprint density at radius 2 is 1.70 bits per heavy atom. The van der Waals surface area contributed by atoms with Gasteiger partial charge in [-0.05, 0) is 11.6 Å². The van der Waals surface area contributed by atoms with Gasteiger partial charge in [0.2, 0.25) is 5.91 Å². The zero-order valence-corrected chi connectivity index (χ0v) is 16.6. The van der Waals surface area contributed by atoms with E-state index in [-0.39, 0.29) is 29.5 Å². The Morgan fingerprint density at radius 3 is 2.47 bits per heavy atom. The van der Waals surface area contributed by atoms with E-state index in [2.05, 4.69) is 5.32 Å². The number of aromatic nitrogens is 1. The van der Waals surface area contributed by atoms with Gasteiger partial charge in [0.05, 0.1) is 25.3 Å². The summed E-state index contributed by atoms with van der Waals surface area (Å²) in [6.45, 7) is 2.73. The molecule has 1 saturated heterocycles. The molecule has 3 aromatic rings. The number of ether oxygens (including phenoxy) is 1. The van der Waals surface area contributed by atoms with Crippen LogP contribution in [0.25, 0.3) is 22.0 Å². The van der Waals surface area contributed by atoms with Gasteiger partial charge in [0, 0.05) is 42.2 Å². The molecule has 7 heteroatoms. The van der Waals surface area contributed by atoms with Gasteiger partial charge in [0.1, 0.15) is 5.69 Å². The number of hydrogen-bond acceptors (Lipinski definition) is 5. The van der Waals surface area contributed by atoms with Crippen molar-refractivity contribution in [2.24, 2.45) is 7.05 Å². The highest BCUT2D eigenvalue weighted by Crippen LogP contribution is 2.41. The monoisotopic (exact) mass is 403 g/mol. The lowest BCUT2D eigenvalue weighted by atomic mass is 9.83. The summed E-state index contributed by atoms with van der Waals surface area (Å²) in [6, 6.07) is 12.6. The molecule has 1 aromatic heterocycles. The van der Waals surface area contributed by atoms with E-state index in [0.29, 0.717) is 59.5 Å². The standard InChI is InChI=1S/C23H21N3O4/c1-25-17-8-4-7-16-19(17)20(14-5-2-3-6-15(14)22(16)28)21(23(25)29)24-18(27)13-26-9-11-30-12-10-26/h2-8H,9-13H2,1H3,(H,24,27). The van der Waals surface area contributed by atoms with Crippen molar-refractivity contribution in [3.05, 3.63) is 63.9 Å². The average molecular weight is 403 g/mol. The van der Waals surface area contributed by atoms with Crippen molar-refractivity contribution in [2.45, 2.75) is 0 Å². The fourth-order valence-electron chi connectivity index (χ4n) is 4.35. The van der Waals surface area contributed by atoms with Gasteiger partial charge in [-0.1, -0.05) is 36.4 Å². The van der Waals surface area contributed by atoms with E-state index in [4.69, 9.17) is 4.74 Å². The highest BCUT2D eigenvalue weighted by Gasteiger charge is 2.30. The number of ketones is 1. The van der Waals surface area contributed by atoms with Gasteiger partial charge in [0.15, 0.2) is 5.78 Å². The molecule has 1 N–H and O–H groups in total. The van der Waals surface area contributed by atoms with Crippen molar-refractivity contribution in [3.63, 3.8) is 0 Å². The van der Waals surface area contributed by atoms with Crippen LogP contribution >= 0.6 is 0 Å². The molecule has 0 spiro atoms. The number of pyridine rings is 1. The molecule has 1 fully saturated rings. The van der Waals surface area contributed by atoms with E-state index < -0.39 is 0 Å². The average Bonchev–Trinajstić information content (AvgIpc) is 2.77. The van der Waals surface area contributed by atoms with Crippen LogP contribution in [0, 0.1) is 0 Å². The predicted octanol–water partition coefficient (Wildman–Crippen LogP) is 2.02. The van der Waals surface area contributed by atoms with Gasteiger partial charge >= 0.3 is 0 Å². The summed E-state index contributed by atoms with van der Waals surface area (Å²) < 4.78 is 6.82. The maximum atomic E-state index is 13.2. The third-order valence-corrected chi connectivity index (χ3v) is 5.84. The second kappa shape index (κ2) is 7.19. The molecule has 5 rings (SSSR count). The number of morpholine rings is 1. The Bertz CT molecular complexity index is 1260. The molecule has 2 aliphatic rings. The summed E-state index contributed by atoms with van der Waals surface area (Å²) >= 11 is 0. The van der Waals surface area contributed by atoms with Crippen LogP contribution < -0.4 is 10.9 Å². The minimum absolute atomic E-state index is 0.0760. The summed E-state index contributed by atoms with van der Waals surface area (Å²) in [5, 5.41) is 3.56. The van der Waals surface area contributed by atoms with E-state index in [1.54, 1.807) is 31.3 Å². The number of nitrogens with zero attached hydrogens (tertiary/aromatic N) is 2. The quantitative estimate of drug-likeness (QED) is 0.566. The van der Waals surface area contributed by atoms with E-state index in [1.165, 1.54) is 4.57 Å². The lowest BCUT2D eigenvalue weighted by molar-refractivity contribution is -0.118. The topological polar surface area (TPSA) is 80.6 Å². The van der Waals surface area contributed by atoms with Gasteiger partial charge < -0.3 is 14.6 Å². The van der Waals surface area contributed by atoms with Crippen LogP contribution in [0.1, 0.15) is 15.9 Å². The Hall–Kier alpha value is -3.29. The van der Waals surface area contributed by atoms with Crippen molar-refractivity contribution in [1.29, 1.82) is 0 Å². The summed E-state index contributed by atoms with van der Waals surface area (Å²) in [6.07, 6.45) is 0. The normalized spacial score (nSPS) is 15.8. The number of carbonyl (C=O) groups excluding carboxylic acids is 2. The van der Waals surface area contributed by atoms with Crippen LogP contribution in [-0.4, -0.2) is 54.0 Å². The van der Waals surface area contributed by atoms with Crippen LogP contribution in [0.5, 0.6) is 0 Å². The van der Waals surface area contributed by atoms with Gasteiger partial charge in [0.25, 0.3) is 5.56 Å². The van der Waals surface area contributed by atoms with Gasteiger partial charge in [-0.15, -0.1) is 0 Å². The van der Waals surface area contributed by atoms with Crippen LogP contribution in [0.2, 0.25) is 0 Å². The first-order chi connectivity index (χ1) is 14.6. The molecule has 7 nitrogen and oxygen atoms in total.